The summed E-state index contributed by atoms with van der Waals surface area (Å²) in [6.45, 7) is 3.76. The van der Waals surface area contributed by atoms with E-state index < -0.39 is 0 Å². The number of anilines is 2. The van der Waals surface area contributed by atoms with Gasteiger partial charge >= 0.3 is 0 Å². The van der Waals surface area contributed by atoms with E-state index in [0.717, 1.165) is 26.3 Å². The summed E-state index contributed by atoms with van der Waals surface area (Å²) in [5, 5.41) is 0. The fraction of sp³-hybridized carbons (Fsp3) is 0.417. The second kappa shape index (κ2) is 7.05. The van der Waals surface area contributed by atoms with Gasteiger partial charge in [0.15, 0.2) is 0 Å². The number of fused-ring (bicyclic) bond motifs is 2. The quantitative estimate of drug-likeness (QED) is 0.756. The number of ether oxygens (including phenoxy) is 1. The second-order valence-electron chi connectivity index (χ2n) is 7.92. The summed E-state index contributed by atoms with van der Waals surface area (Å²) in [6, 6.07) is 18.0. The van der Waals surface area contributed by atoms with Gasteiger partial charge in [-0.1, -0.05) is 42.5 Å². The SMILES string of the molecule is CN1c2ccccc2C(C2CCCC=C2N2CCOCC2)c2ccccc21. The van der Waals surface area contributed by atoms with Crippen LogP contribution in [0.15, 0.2) is 60.3 Å². The molecule has 0 spiro atoms. The number of rotatable bonds is 2. The first kappa shape index (κ1) is 16.9. The van der Waals surface area contributed by atoms with Gasteiger partial charge in [0.05, 0.1) is 13.2 Å². The van der Waals surface area contributed by atoms with Crippen LogP contribution in [0, 0.1) is 5.92 Å². The first-order valence-electron chi connectivity index (χ1n) is 10.3. The smallest absolute Gasteiger partial charge is 0.0642 e. The second-order valence-corrected chi connectivity index (χ2v) is 7.92. The predicted octanol–water partition coefficient (Wildman–Crippen LogP) is 4.92. The molecule has 0 amide bonds. The van der Waals surface area contributed by atoms with Crippen LogP contribution >= 0.6 is 0 Å². The van der Waals surface area contributed by atoms with Crippen molar-refractivity contribution < 1.29 is 4.74 Å². The van der Waals surface area contributed by atoms with Crippen molar-refractivity contribution in [3.05, 3.63) is 71.4 Å². The molecule has 140 valence electrons. The minimum Gasteiger partial charge on any atom is -0.378 e. The van der Waals surface area contributed by atoms with Crippen molar-refractivity contribution in [3.63, 3.8) is 0 Å². The Morgan fingerprint density at radius 2 is 1.52 bits per heavy atom. The molecule has 1 atom stereocenters. The summed E-state index contributed by atoms with van der Waals surface area (Å²) >= 11 is 0. The number of hydrogen-bond acceptors (Lipinski definition) is 3. The Balaban J connectivity index is 1.62. The van der Waals surface area contributed by atoms with Crippen LogP contribution in [-0.4, -0.2) is 38.3 Å². The monoisotopic (exact) mass is 360 g/mol. The molecule has 2 aromatic rings. The molecule has 3 nitrogen and oxygen atoms in total. The van der Waals surface area contributed by atoms with Gasteiger partial charge in [-0.25, -0.2) is 0 Å². The van der Waals surface area contributed by atoms with Gasteiger partial charge in [-0.3, -0.25) is 0 Å². The fourth-order valence-corrected chi connectivity index (χ4v) is 5.25. The maximum Gasteiger partial charge on any atom is 0.0642 e. The molecule has 0 aromatic heterocycles. The summed E-state index contributed by atoms with van der Waals surface area (Å²) in [6.07, 6.45) is 6.28. The van der Waals surface area contributed by atoms with E-state index in [4.69, 9.17) is 4.74 Å². The van der Waals surface area contributed by atoms with E-state index in [1.54, 1.807) is 5.70 Å². The number of hydrogen-bond donors (Lipinski definition) is 0. The zero-order valence-electron chi connectivity index (χ0n) is 16.1. The lowest BCUT2D eigenvalue weighted by molar-refractivity contribution is 0.0463. The number of morpholine rings is 1. The molecule has 3 aliphatic rings. The molecular formula is C24H28N2O. The first-order valence-corrected chi connectivity index (χ1v) is 10.3. The van der Waals surface area contributed by atoms with Crippen molar-refractivity contribution in [3.8, 4) is 0 Å². The van der Waals surface area contributed by atoms with Crippen LogP contribution < -0.4 is 4.90 Å². The molecule has 0 bridgehead atoms. The highest BCUT2D eigenvalue weighted by Gasteiger charge is 2.37. The molecule has 3 heteroatoms. The predicted molar refractivity (Wildman–Crippen MR) is 111 cm³/mol. The molecule has 2 heterocycles. The third-order valence-corrected chi connectivity index (χ3v) is 6.50. The Labute approximate surface area is 162 Å². The average molecular weight is 361 g/mol. The van der Waals surface area contributed by atoms with Crippen molar-refractivity contribution >= 4 is 11.4 Å². The Bertz CT molecular complexity index is 805. The van der Waals surface area contributed by atoms with Crippen LogP contribution in [0.2, 0.25) is 0 Å². The van der Waals surface area contributed by atoms with E-state index in [0.29, 0.717) is 11.8 Å². The van der Waals surface area contributed by atoms with E-state index in [2.05, 4.69) is 71.5 Å². The lowest BCUT2D eigenvalue weighted by Gasteiger charge is -2.44. The lowest BCUT2D eigenvalue weighted by atomic mass is 9.71. The third kappa shape index (κ3) is 2.85. The minimum absolute atomic E-state index is 0.433. The maximum atomic E-state index is 5.62. The van der Waals surface area contributed by atoms with Crippen molar-refractivity contribution in [2.24, 2.45) is 5.92 Å². The van der Waals surface area contributed by atoms with Gasteiger partial charge in [0.25, 0.3) is 0 Å². The molecular weight excluding hydrogens is 332 g/mol. The molecule has 1 unspecified atom stereocenters. The normalized spacial score (nSPS) is 22.9. The van der Waals surface area contributed by atoms with Crippen molar-refractivity contribution in [1.82, 2.24) is 4.90 Å². The molecule has 0 N–H and O–H groups in total. The standard InChI is InChI=1S/C24H28N2O/c1-25-21-11-5-2-8-18(21)24(19-9-3-6-12-22(19)25)20-10-4-7-13-23(20)26-14-16-27-17-15-26/h2-3,5-6,8-9,11-13,20,24H,4,7,10,14-17H2,1H3. The van der Waals surface area contributed by atoms with Crippen LogP contribution in [0.3, 0.4) is 0 Å². The van der Waals surface area contributed by atoms with Crippen LogP contribution in [0.1, 0.15) is 36.3 Å². The highest BCUT2D eigenvalue weighted by atomic mass is 16.5. The van der Waals surface area contributed by atoms with Crippen LogP contribution in [0.25, 0.3) is 0 Å². The van der Waals surface area contributed by atoms with Gasteiger partial charge in [0, 0.05) is 49.0 Å². The van der Waals surface area contributed by atoms with Gasteiger partial charge in [0.1, 0.15) is 0 Å². The lowest BCUT2D eigenvalue weighted by Crippen LogP contribution is -2.40. The number of nitrogens with zero attached hydrogens (tertiary/aromatic N) is 2. The average Bonchev–Trinajstić information content (AvgIpc) is 2.75. The van der Waals surface area contributed by atoms with Crippen LogP contribution in [0.5, 0.6) is 0 Å². The highest BCUT2D eigenvalue weighted by Crippen LogP contribution is 2.51. The fourth-order valence-electron chi connectivity index (χ4n) is 5.25. The molecule has 1 saturated heterocycles. The van der Waals surface area contributed by atoms with Gasteiger partial charge in [-0.15, -0.1) is 0 Å². The maximum absolute atomic E-state index is 5.62. The topological polar surface area (TPSA) is 15.7 Å². The molecule has 1 fully saturated rings. The first-order chi connectivity index (χ1) is 13.3. The summed E-state index contributed by atoms with van der Waals surface area (Å²) in [5.41, 5.74) is 7.22. The largest absolute Gasteiger partial charge is 0.378 e. The Kier molecular flexibility index (Phi) is 4.41. The summed E-state index contributed by atoms with van der Waals surface area (Å²) in [4.78, 5) is 4.96. The van der Waals surface area contributed by atoms with Crippen molar-refractivity contribution in [1.29, 1.82) is 0 Å². The van der Waals surface area contributed by atoms with E-state index in [9.17, 15) is 0 Å². The molecule has 2 aromatic carbocycles. The number of benzene rings is 2. The number of allylic oxidation sites excluding steroid dienone is 2. The Hall–Kier alpha value is -2.26. The van der Waals surface area contributed by atoms with E-state index in [1.807, 2.05) is 0 Å². The van der Waals surface area contributed by atoms with Crippen molar-refractivity contribution in [2.75, 3.05) is 38.3 Å². The van der Waals surface area contributed by atoms with E-state index >= 15 is 0 Å². The van der Waals surface area contributed by atoms with E-state index in [-0.39, 0.29) is 0 Å². The van der Waals surface area contributed by atoms with Gasteiger partial charge in [0.2, 0.25) is 0 Å². The van der Waals surface area contributed by atoms with Gasteiger partial charge < -0.3 is 14.5 Å². The van der Waals surface area contributed by atoms with Crippen LogP contribution in [0.4, 0.5) is 11.4 Å². The van der Waals surface area contributed by atoms with Gasteiger partial charge in [-0.05, 0) is 42.5 Å². The number of para-hydroxylation sites is 2. The molecule has 2 aliphatic heterocycles. The summed E-state index contributed by atoms with van der Waals surface area (Å²) in [5.74, 6) is 0.982. The Morgan fingerprint density at radius 1 is 0.889 bits per heavy atom. The van der Waals surface area contributed by atoms with Crippen molar-refractivity contribution in [2.45, 2.75) is 25.2 Å². The summed E-state index contributed by atoms with van der Waals surface area (Å²) in [7, 11) is 2.20. The molecule has 0 saturated carbocycles. The molecule has 1 aliphatic carbocycles. The zero-order chi connectivity index (χ0) is 18.2. The highest BCUT2D eigenvalue weighted by molar-refractivity contribution is 5.76. The van der Waals surface area contributed by atoms with Gasteiger partial charge in [-0.2, -0.15) is 0 Å². The minimum atomic E-state index is 0.433. The molecule has 27 heavy (non-hydrogen) atoms. The third-order valence-electron chi connectivity index (χ3n) is 6.50. The van der Waals surface area contributed by atoms with Crippen LogP contribution in [-0.2, 0) is 4.74 Å². The zero-order valence-corrected chi connectivity index (χ0v) is 16.1. The molecule has 0 radical (unpaired) electrons. The van der Waals surface area contributed by atoms with E-state index in [1.165, 1.54) is 41.8 Å². The molecule has 5 rings (SSSR count). The summed E-state index contributed by atoms with van der Waals surface area (Å²) < 4.78 is 5.62. The Morgan fingerprint density at radius 3 is 2.19 bits per heavy atom.